The Morgan fingerprint density at radius 1 is 0.490 bits per heavy atom. The molecule has 6 heterocycles. The Bertz CT molecular complexity index is 5170. The van der Waals surface area contributed by atoms with Crippen molar-refractivity contribution in [2.75, 3.05) is 21.3 Å². The van der Waals surface area contributed by atoms with Gasteiger partial charge in [0.2, 0.25) is 0 Å². The SMILES string of the molecule is COC(=O)c1ccc2c(c1)c(CCc1ccc(C)cc1)c(-c1csc(C(F)F)c1)n2CCC#N.COC(=O)c1ccc2c(c1)c(CCc1ccc(C)cc1)c(-c1csc(C=O)c1)n2CCC#N.COC(=O)c1ccc2c(c1)c(CCc1ccc(C)cc1)c(I)n2CCC#N.O=Cc1cc(B(O)O)cs1. The lowest BCUT2D eigenvalue weighted by Gasteiger charge is -2.10. The number of esters is 3. The molecular formula is C81H74BF2IN6O10S3. The number of aldehydes is 2. The van der Waals surface area contributed by atoms with Gasteiger partial charge in [0.05, 0.1) is 105 Å². The molecule has 6 aromatic heterocycles. The lowest BCUT2D eigenvalue weighted by Crippen LogP contribution is -2.27. The third kappa shape index (κ3) is 19.2. The number of thiophene rings is 3. The van der Waals surface area contributed by atoms with Crippen LogP contribution in [0.5, 0.6) is 0 Å². The van der Waals surface area contributed by atoms with Gasteiger partial charge in [-0.25, -0.2) is 23.2 Å². The highest BCUT2D eigenvalue weighted by Gasteiger charge is 2.25. The van der Waals surface area contributed by atoms with E-state index in [0.29, 0.717) is 82.7 Å². The lowest BCUT2D eigenvalue weighted by atomic mass is 9.83. The van der Waals surface area contributed by atoms with E-state index in [2.05, 4.69) is 137 Å². The molecule has 23 heteroatoms. The minimum absolute atomic E-state index is 0.00632. The predicted molar refractivity (Wildman–Crippen MR) is 416 cm³/mol. The Morgan fingerprint density at radius 3 is 1.19 bits per heavy atom. The number of rotatable bonds is 24. The van der Waals surface area contributed by atoms with Crippen LogP contribution in [0.1, 0.15) is 131 Å². The van der Waals surface area contributed by atoms with Crippen LogP contribution in [0.3, 0.4) is 0 Å². The van der Waals surface area contributed by atoms with E-state index in [1.807, 2.05) is 53.3 Å². The zero-order chi connectivity index (χ0) is 74.6. The van der Waals surface area contributed by atoms with Crippen molar-refractivity contribution in [2.45, 2.75) is 105 Å². The van der Waals surface area contributed by atoms with Gasteiger partial charge in [-0.2, -0.15) is 15.8 Å². The minimum atomic E-state index is -2.54. The molecule has 0 unspecified atom stereocenters. The van der Waals surface area contributed by atoms with Gasteiger partial charge in [-0.1, -0.05) is 89.5 Å². The van der Waals surface area contributed by atoms with Crippen molar-refractivity contribution in [3.8, 4) is 40.7 Å². The molecule has 0 saturated heterocycles. The number of ether oxygens (including phenoxy) is 3. The van der Waals surface area contributed by atoms with Crippen molar-refractivity contribution < 1.29 is 57.0 Å². The van der Waals surface area contributed by atoms with Crippen molar-refractivity contribution in [2.24, 2.45) is 0 Å². The van der Waals surface area contributed by atoms with E-state index in [0.717, 1.165) is 120 Å². The monoisotopic (exact) mass is 1560 g/mol. The summed E-state index contributed by atoms with van der Waals surface area (Å²) >= 11 is 5.98. The molecule has 16 nitrogen and oxygen atoms in total. The number of hydrogen-bond donors (Lipinski definition) is 2. The standard InChI is InChI=1S/C27H24F2N2O2S.C27H24N2O3S.C22H21IN2O2.C5H5BO3S/c1-17-4-6-18(7-5-17)8-10-21-22-14-19(27(32)33-2)9-11-23(22)31(13-3-12-30)25(21)20-15-24(26(28)29)34-16-20;1-18-4-6-19(7-5-18)8-10-23-24-15-20(27(31)32-2)9-11-25(24)29(13-3-12-28)26(23)21-14-22(16-30)33-17-21;1-15-4-6-16(7-5-15)8-10-18-19-14-17(22(26)27-2)9-11-20(19)25(21(18)23)13-3-12-24;7-2-5-1-4(3-10-5)6(8)9/h4-7,9,11,14-16,26H,3,8,10,13H2,1-2H3;4-7,9,11,14-17H,3,8,10,13H2,1-2H3;4-7,9,11,14H,3,8,10,13H2,1-2H3;1-3,8-9H. The van der Waals surface area contributed by atoms with Crippen LogP contribution in [0, 0.1) is 58.5 Å². The summed E-state index contributed by atoms with van der Waals surface area (Å²) in [5.41, 5.74) is 18.8. The van der Waals surface area contributed by atoms with Gasteiger partial charge in [0.1, 0.15) is 0 Å². The first kappa shape index (κ1) is 78.0. The third-order valence-corrected chi connectivity index (χ3v) is 21.5. The first-order valence-electron chi connectivity index (χ1n) is 33.2. The Kier molecular flexibility index (Phi) is 28.0. The maximum absolute atomic E-state index is 13.4. The van der Waals surface area contributed by atoms with Gasteiger partial charge in [0.25, 0.3) is 6.43 Å². The summed E-state index contributed by atoms with van der Waals surface area (Å²) in [6, 6.07) is 53.5. The third-order valence-electron chi connectivity index (χ3n) is 17.6. The molecule has 0 aliphatic rings. The fourth-order valence-electron chi connectivity index (χ4n) is 12.3. The first-order valence-corrected chi connectivity index (χ1v) is 36.9. The van der Waals surface area contributed by atoms with Gasteiger partial charge in [0.15, 0.2) is 12.6 Å². The zero-order valence-corrected chi connectivity index (χ0v) is 62.7. The second kappa shape index (κ2) is 37.3. The minimum Gasteiger partial charge on any atom is -0.465 e. The molecule has 0 aliphatic heterocycles. The van der Waals surface area contributed by atoms with Gasteiger partial charge in [-0.05, 0) is 199 Å². The fraction of sp³-hybridized carbons (Fsp3) is 0.235. The summed E-state index contributed by atoms with van der Waals surface area (Å²) in [4.78, 5) is 59.1. The molecule has 12 aromatic rings. The smallest absolute Gasteiger partial charge is 0.465 e. The molecule has 0 spiro atoms. The Morgan fingerprint density at radius 2 is 0.846 bits per heavy atom. The van der Waals surface area contributed by atoms with Gasteiger partial charge in [-0.3, -0.25) is 9.59 Å². The van der Waals surface area contributed by atoms with Crippen molar-refractivity contribution in [3.05, 3.63) is 247 Å². The van der Waals surface area contributed by atoms with Gasteiger partial charge >= 0.3 is 25.0 Å². The molecule has 530 valence electrons. The number of methoxy groups -OCH3 is 3. The molecular weight excluding hydrogens is 1490 g/mol. The van der Waals surface area contributed by atoms with Crippen LogP contribution in [0.25, 0.3) is 55.2 Å². The molecule has 0 aliphatic carbocycles. The molecule has 104 heavy (non-hydrogen) atoms. The molecule has 0 atom stereocenters. The van der Waals surface area contributed by atoms with Crippen LogP contribution in [0.15, 0.2) is 162 Å². The number of benzene rings is 6. The molecule has 0 fully saturated rings. The Hall–Kier alpha value is -10.2. The van der Waals surface area contributed by atoms with Crippen LogP contribution in [-0.2, 0) is 72.4 Å². The molecule has 0 radical (unpaired) electrons. The van der Waals surface area contributed by atoms with E-state index < -0.39 is 19.5 Å². The van der Waals surface area contributed by atoms with Crippen LogP contribution in [-0.4, -0.2) is 82.7 Å². The number of aryl methyl sites for hydroxylation is 12. The van der Waals surface area contributed by atoms with Gasteiger partial charge in [-0.15, -0.1) is 34.0 Å². The predicted octanol–water partition coefficient (Wildman–Crippen LogP) is 17.4. The topological polar surface area (TPSA) is 240 Å². The van der Waals surface area contributed by atoms with E-state index in [1.54, 1.807) is 29.6 Å². The lowest BCUT2D eigenvalue weighted by molar-refractivity contribution is 0.0592. The fourth-order valence-corrected chi connectivity index (χ4v) is 15.5. The molecule has 2 N–H and O–H groups in total. The molecule has 0 bridgehead atoms. The average Bonchev–Trinajstić information content (AvgIpc) is 1.61. The van der Waals surface area contributed by atoms with Crippen molar-refractivity contribution in [1.82, 2.24) is 13.7 Å². The number of carbonyl (C=O) groups excluding carboxylic acids is 5. The molecule has 0 amide bonds. The normalized spacial score (nSPS) is 10.8. The van der Waals surface area contributed by atoms with E-state index in [4.69, 9.17) is 29.5 Å². The van der Waals surface area contributed by atoms with Gasteiger partial charge in [0, 0.05) is 74.2 Å². The Labute approximate surface area is 627 Å². The maximum atomic E-state index is 13.4. The zero-order valence-electron chi connectivity index (χ0n) is 58.1. The van der Waals surface area contributed by atoms with E-state index in [9.17, 15) is 43.3 Å². The number of halogens is 3. The summed E-state index contributed by atoms with van der Waals surface area (Å²) in [7, 11) is 2.64. The van der Waals surface area contributed by atoms with Crippen LogP contribution in [0.4, 0.5) is 8.78 Å². The van der Waals surface area contributed by atoms with Crippen molar-refractivity contribution >= 4 is 132 Å². The first-order chi connectivity index (χ1) is 50.3. The van der Waals surface area contributed by atoms with E-state index >= 15 is 0 Å². The number of alkyl halides is 2. The number of aromatic nitrogens is 3. The van der Waals surface area contributed by atoms with Crippen molar-refractivity contribution in [1.29, 1.82) is 15.8 Å². The van der Waals surface area contributed by atoms with Crippen molar-refractivity contribution in [3.63, 3.8) is 0 Å². The summed E-state index contributed by atoms with van der Waals surface area (Å²) in [6.45, 7) is 7.79. The number of fused-ring (bicyclic) bond motifs is 3. The molecule has 12 rings (SSSR count). The highest BCUT2D eigenvalue weighted by atomic mass is 127. The van der Waals surface area contributed by atoms with Crippen LogP contribution >= 0.6 is 56.6 Å². The summed E-state index contributed by atoms with van der Waals surface area (Å²) in [5, 5.41) is 52.8. The quantitative estimate of drug-likeness (QED) is 0.0188. The number of hydrogen-bond acceptors (Lipinski definition) is 16. The van der Waals surface area contributed by atoms with Crippen LogP contribution < -0.4 is 5.46 Å². The molecule has 0 saturated carbocycles. The number of carbonyl (C=O) groups is 5. The number of nitrogens with zero attached hydrogens (tertiary/aromatic N) is 6. The maximum Gasteiger partial charge on any atom is 0.489 e. The second-order valence-electron chi connectivity index (χ2n) is 24.4. The van der Waals surface area contributed by atoms with E-state index in [-0.39, 0.29) is 23.2 Å². The average molecular weight is 1560 g/mol. The summed E-state index contributed by atoms with van der Waals surface area (Å²) < 4.78 is 49.0. The van der Waals surface area contributed by atoms with Crippen LogP contribution in [0.2, 0.25) is 0 Å². The highest BCUT2D eigenvalue weighted by molar-refractivity contribution is 14.1. The summed E-state index contributed by atoms with van der Waals surface area (Å²) in [5.74, 6) is -1.15. The number of nitriles is 3. The van der Waals surface area contributed by atoms with E-state index in [1.165, 1.54) is 94.9 Å². The largest absolute Gasteiger partial charge is 0.489 e. The highest BCUT2D eigenvalue weighted by Crippen LogP contribution is 2.41. The molecule has 6 aromatic carbocycles. The van der Waals surface area contributed by atoms with Gasteiger partial charge < -0.3 is 38.0 Å². The Balaban J connectivity index is 0.000000170. The second-order valence-corrected chi connectivity index (χ2v) is 28.2. The summed E-state index contributed by atoms with van der Waals surface area (Å²) in [6.07, 6.45) is 4.87.